The van der Waals surface area contributed by atoms with E-state index in [9.17, 15) is 8.78 Å². The second-order valence-electron chi connectivity index (χ2n) is 8.51. The second-order valence-corrected chi connectivity index (χ2v) is 8.51. The summed E-state index contributed by atoms with van der Waals surface area (Å²) in [6.07, 6.45) is 13.2. The van der Waals surface area contributed by atoms with E-state index in [4.69, 9.17) is 0 Å². The fourth-order valence-corrected chi connectivity index (χ4v) is 5.01. The number of benzene rings is 1. The molecule has 2 heteroatoms. The maximum Gasteiger partial charge on any atom is 0.174 e. The highest BCUT2D eigenvalue weighted by Crippen LogP contribution is 2.42. The van der Waals surface area contributed by atoms with Gasteiger partial charge in [-0.3, -0.25) is 0 Å². The lowest BCUT2D eigenvalue weighted by Gasteiger charge is -2.37. The Bertz CT molecular complexity index is 651. The van der Waals surface area contributed by atoms with Crippen LogP contribution in [0.5, 0.6) is 0 Å². The van der Waals surface area contributed by atoms with Gasteiger partial charge in [-0.25, -0.2) is 8.78 Å². The Balaban J connectivity index is 1.50. The number of aryl methyl sites for hydroxylation is 1. The van der Waals surface area contributed by atoms with Crippen molar-refractivity contribution in [3.05, 3.63) is 34.9 Å². The van der Waals surface area contributed by atoms with Gasteiger partial charge in [0.25, 0.3) is 0 Å². The summed E-state index contributed by atoms with van der Waals surface area (Å²) in [5.41, 5.74) is 0.534. The van der Waals surface area contributed by atoms with Crippen molar-refractivity contribution in [3.8, 4) is 11.8 Å². The minimum absolute atomic E-state index is 0.199. The van der Waals surface area contributed by atoms with E-state index in [-0.39, 0.29) is 5.56 Å². The van der Waals surface area contributed by atoms with Gasteiger partial charge in [0, 0.05) is 5.92 Å². The number of hydrogen-bond acceptors (Lipinski definition) is 0. The standard InChI is InChI=1S/C24H32F2/c1-3-4-18-6-12-20(13-7-18)21-14-8-19(9-15-21)10-16-22-11-5-17(2)23(25)24(22)26/h5,11,18-21H,3-4,6-9,12-15H2,1-2H3/t18-,19?,20-,21?. The highest BCUT2D eigenvalue weighted by molar-refractivity contribution is 5.38. The van der Waals surface area contributed by atoms with Gasteiger partial charge >= 0.3 is 0 Å². The zero-order valence-corrected chi connectivity index (χ0v) is 16.3. The van der Waals surface area contributed by atoms with Crippen LogP contribution in [-0.2, 0) is 0 Å². The fourth-order valence-electron chi connectivity index (χ4n) is 5.01. The Hall–Kier alpha value is -1.36. The van der Waals surface area contributed by atoms with Gasteiger partial charge in [0.15, 0.2) is 11.6 Å². The summed E-state index contributed by atoms with van der Waals surface area (Å²) >= 11 is 0. The molecule has 0 atom stereocenters. The predicted molar refractivity (Wildman–Crippen MR) is 104 cm³/mol. The van der Waals surface area contributed by atoms with Crippen LogP contribution >= 0.6 is 0 Å². The molecule has 2 saturated carbocycles. The maximum atomic E-state index is 13.9. The third kappa shape index (κ3) is 4.67. The Morgan fingerprint density at radius 2 is 1.50 bits per heavy atom. The summed E-state index contributed by atoms with van der Waals surface area (Å²) in [7, 11) is 0. The van der Waals surface area contributed by atoms with Gasteiger partial charge in [0.1, 0.15) is 0 Å². The van der Waals surface area contributed by atoms with Crippen molar-refractivity contribution in [1.29, 1.82) is 0 Å². The van der Waals surface area contributed by atoms with Gasteiger partial charge < -0.3 is 0 Å². The Morgan fingerprint density at radius 1 is 0.885 bits per heavy atom. The molecule has 0 heterocycles. The van der Waals surface area contributed by atoms with Crippen LogP contribution in [0.2, 0.25) is 0 Å². The van der Waals surface area contributed by atoms with Crippen LogP contribution in [0, 0.1) is 54.1 Å². The summed E-state index contributed by atoms with van der Waals surface area (Å²) in [6, 6.07) is 3.20. The molecule has 0 N–H and O–H groups in total. The number of rotatable bonds is 3. The first-order valence-corrected chi connectivity index (χ1v) is 10.5. The van der Waals surface area contributed by atoms with E-state index in [2.05, 4.69) is 18.8 Å². The van der Waals surface area contributed by atoms with Crippen molar-refractivity contribution in [1.82, 2.24) is 0 Å². The first kappa shape index (κ1) is 19.4. The Morgan fingerprint density at radius 3 is 2.12 bits per heavy atom. The molecule has 2 aliphatic rings. The molecule has 0 radical (unpaired) electrons. The van der Waals surface area contributed by atoms with Crippen molar-refractivity contribution in [3.63, 3.8) is 0 Å². The number of halogens is 2. The van der Waals surface area contributed by atoms with Crippen LogP contribution in [0.4, 0.5) is 8.78 Å². The van der Waals surface area contributed by atoms with Gasteiger partial charge in [0.05, 0.1) is 5.56 Å². The van der Waals surface area contributed by atoms with Gasteiger partial charge in [0.2, 0.25) is 0 Å². The Labute approximate surface area is 157 Å². The molecule has 0 unspecified atom stereocenters. The van der Waals surface area contributed by atoms with Gasteiger partial charge in [-0.2, -0.15) is 0 Å². The average molecular weight is 359 g/mol. The second kappa shape index (κ2) is 9.03. The summed E-state index contributed by atoms with van der Waals surface area (Å²) in [5, 5.41) is 0. The maximum absolute atomic E-state index is 13.9. The third-order valence-corrected chi connectivity index (χ3v) is 6.71. The van der Waals surface area contributed by atoms with Crippen LogP contribution in [0.3, 0.4) is 0 Å². The van der Waals surface area contributed by atoms with E-state index in [1.54, 1.807) is 19.1 Å². The van der Waals surface area contributed by atoms with E-state index in [1.807, 2.05) is 0 Å². The molecule has 1 aromatic rings. The van der Waals surface area contributed by atoms with E-state index < -0.39 is 11.6 Å². The number of hydrogen-bond donors (Lipinski definition) is 0. The lowest BCUT2D eigenvalue weighted by molar-refractivity contribution is 0.154. The predicted octanol–water partition coefficient (Wildman–Crippen LogP) is 7.04. The molecule has 0 bridgehead atoms. The minimum atomic E-state index is -0.796. The minimum Gasteiger partial charge on any atom is -0.203 e. The fraction of sp³-hybridized carbons (Fsp3) is 0.667. The van der Waals surface area contributed by atoms with E-state index in [0.717, 1.165) is 30.6 Å². The highest BCUT2D eigenvalue weighted by Gasteiger charge is 2.30. The van der Waals surface area contributed by atoms with Crippen molar-refractivity contribution < 1.29 is 8.78 Å². The molecule has 0 amide bonds. The smallest absolute Gasteiger partial charge is 0.174 e. The summed E-state index contributed by atoms with van der Waals surface area (Å²) < 4.78 is 27.6. The Kier molecular flexibility index (Phi) is 6.74. The molecule has 2 aliphatic carbocycles. The lowest BCUT2D eigenvalue weighted by Crippen LogP contribution is -2.25. The first-order valence-electron chi connectivity index (χ1n) is 10.5. The first-order chi connectivity index (χ1) is 12.6. The summed E-state index contributed by atoms with van der Waals surface area (Å²) in [5.74, 6) is 7.65. The summed E-state index contributed by atoms with van der Waals surface area (Å²) in [6.45, 7) is 3.87. The van der Waals surface area contributed by atoms with Gasteiger partial charge in [-0.1, -0.05) is 50.5 Å². The monoisotopic (exact) mass is 358 g/mol. The molecule has 2 fully saturated rings. The quantitative estimate of drug-likeness (QED) is 0.508. The van der Waals surface area contributed by atoms with Crippen molar-refractivity contribution in [2.45, 2.75) is 78.1 Å². The summed E-state index contributed by atoms with van der Waals surface area (Å²) in [4.78, 5) is 0. The van der Waals surface area contributed by atoms with Crippen LogP contribution in [-0.4, -0.2) is 0 Å². The van der Waals surface area contributed by atoms with Crippen LogP contribution in [0.25, 0.3) is 0 Å². The van der Waals surface area contributed by atoms with Crippen molar-refractivity contribution in [2.75, 3.05) is 0 Å². The molecule has 0 aromatic heterocycles. The van der Waals surface area contributed by atoms with Crippen LogP contribution in [0.1, 0.15) is 82.3 Å². The molecule has 0 spiro atoms. The van der Waals surface area contributed by atoms with E-state index >= 15 is 0 Å². The zero-order valence-electron chi connectivity index (χ0n) is 16.3. The molecular formula is C24H32F2. The van der Waals surface area contributed by atoms with Crippen LogP contribution in [0.15, 0.2) is 12.1 Å². The third-order valence-electron chi connectivity index (χ3n) is 6.71. The zero-order chi connectivity index (χ0) is 18.5. The van der Waals surface area contributed by atoms with Crippen molar-refractivity contribution in [2.24, 2.45) is 23.7 Å². The molecular weight excluding hydrogens is 326 g/mol. The molecule has 1 aromatic carbocycles. The highest BCUT2D eigenvalue weighted by atomic mass is 19.2. The molecule has 0 saturated heterocycles. The molecule has 3 rings (SSSR count). The normalized spacial score (nSPS) is 29.1. The van der Waals surface area contributed by atoms with E-state index in [1.165, 1.54) is 51.4 Å². The molecule has 142 valence electrons. The largest absolute Gasteiger partial charge is 0.203 e. The van der Waals surface area contributed by atoms with E-state index in [0.29, 0.717) is 11.5 Å². The lowest BCUT2D eigenvalue weighted by atomic mass is 9.69. The van der Waals surface area contributed by atoms with Gasteiger partial charge in [-0.15, -0.1) is 0 Å². The van der Waals surface area contributed by atoms with Crippen LogP contribution < -0.4 is 0 Å². The molecule has 0 nitrogen and oxygen atoms in total. The molecule has 26 heavy (non-hydrogen) atoms. The topological polar surface area (TPSA) is 0 Å². The molecule has 0 aliphatic heterocycles. The van der Waals surface area contributed by atoms with Gasteiger partial charge in [-0.05, 0) is 74.8 Å². The van der Waals surface area contributed by atoms with Crippen molar-refractivity contribution >= 4 is 0 Å². The SMILES string of the molecule is CCC[C@H]1CC[C@H](C2CCC(C#Cc3ccc(C)c(F)c3F)CC2)CC1. The average Bonchev–Trinajstić information content (AvgIpc) is 2.67.